The van der Waals surface area contributed by atoms with Gasteiger partial charge in [-0.05, 0) is 43.0 Å². The van der Waals surface area contributed by atoms with Crippen molar-refractivity contribution in [3.05, 3.63) is 86.6 Å². The maximum Gasteiger partial charge on any atom is 0.258 e. The van der Waals surface area contributed by atoms with Crippen LogP contribution in [0.25, 0.3) is 21.8 Å². The molecular weight excluding hydrogens is 448 g/mol. The molecule has 2 aromatic heterocycles. The smallest absolute Gasteiger partial charge is 0.258 e. The van der Waals surface area contributed by atoms with E-state index in [1.807, 2.05) is 54.8 Å². The minimum absolute atomic E-state index is 0.00819. The van der Waals surface area contributed by atoms with Crippen molar-refractivity contribution in [2.24, 2.45) is 0 Å². The van der Waals surface area contributed by atoms with Gasteiger partial charge >= 0.3 is 0 Å². The van der Waals surface area contributed by atoms with Crippen LogP contribution >= 0.6 is 11.3 Å². The highest BCUT2D eigenvalue weighted by atomic mass is 32.1. The molecule has 0 bridgehead atoms. The third-order valence-corrected chi connectivity index (χ3v) is 7.14. The normalized spacial score (nSPS) is 15.1. The highest BCUT2D eigenvalue weighted by Crippen LogP contribution is 2.37. The maximum atomic E-state index is 13.1. The summed E-state index contributed by atoms with van der Waals surface area (Å²) in [6, 6.07) is 15.5. The molecular formula is C27H24N2O4S. The fourth-order valence-electron chi connectivity index (χ4n) is 4.39. The Balaban J connectivity index is 1.46. The number of H-pyrrole nitrogens is 1. The topological polar surface area (TPSA) is 81.3 Å². The first-order chi connectivity index (χ1) is 16.5. The average Bonchev–Trinajstić information content (AvgIpc) is 3.33. The molecule has 0 radical (unpaired) electrons. The minimum atomic E-state index is -0.232. The molecule has 0 saturated carbocycles. The van der Waals surface area contributed by atoms with Crippen LogP contribution in [0.15, 0.2) is 58.7 Å². The molecule has 0 saturated heterocycles. The standard InChI is InChI=1S/C27H24N2O4S/c1-15-4-6-16(7-5-15)22-14-34-27(29-22)20-13-19-21(28-26(20)31)10-18(11-23(19)30)17-8-9-24(32-2)25(12-17)33-3/h4-9,12-14,18H,10-11H2,1-3H3,(H,28,31)/t18-/m1/s1. The van der Waals surface area contributed by atoms with Crippen molar-refractivity contribution in [1.82, 2.24) is 9.97 Å². The number of pyridine rings is 1. The Morgan fingerprint density at radius 3 is 2.44 bits per heavy atom. The summed E-state index contributed by atoms with van der Waals surface area (Å²) in [5.74, 6) is 1.22. The van der Waals surface area contributed by atoms with Crippen molar-refractivity contribution >= 4 is 17.1 Å². The number of thiazole rings is 1. The lowest BCUT2D eigenvalue weighted by molar-refractivity contribution is 0.0963. The lowest BCUT2D eigenvalue weighted by Gasteiger charge is -2.24. The van der Waals surface area contributed by atoms with Gasteiger partial charge in [-0.1, -0.05) is 35.9 Å². The number of carbonyl (C=O) groups is 1. The van der Waals surface area contributed by atoms with Crippen LogP contribution in [-0.4, -0.2) is 30.0 Å². The van der Waals surface area contributed by atoms with E-state index in [1.54, 1.807) is 20.3 Å². The van der Waals surface area contributed by atoms with Gasteiger partial charge in [-0.3, -0.25) is 9.59 Å². The van der Waals surface area contributed by atoms with E-state index in [0.717, 1.165) is 16.8 Å². The summed E-state index contributed by atoms with van der Waals surface area (Å²) in [7, 11) is 3.18. The fraction of sp³-hybridized carbons (Fsp3) is 0.222. The summed E-state index contributed by atoms with van der Waals surface area (Å²) >= 11 is 1.40. The van der Waals surface area contributed by atoms with Gasteiger partial charge in [-0.25, -0.2) is 4.98 Å². The van der Waals surface area contributed by atoms with E-state index in [-0.39, 0.29) is 17.3 Å². The molecule has 7 heteroatoms. The predicted molar refractivity (Wildman–Crippen MR) is 133 cm³/mol. The summed E-state index contributed by atoms with van der Waals surface area (Å²) in [5.41, 5.74) is 5.40. The number of aryl methyl sites for hydroxylation is 1. The zero-order valence-corrected chi connectivity index (χ0v) is 20.0. The van der Waals surface area contributed by atoms with Gasteiger partial charge in [-0.15, -0.1) is 11.3 Å². The molecule has 0 unspecified atom stereocenters. The Labute approximate surface area is 201 Å². The number of hydrogen-bond acceptors (Lipinski definition) is 6. The third-order valence-electron chi connectivity index (χ3n) is 6.27. The largest absolute Gasteiger partial charge is 0.493 e. The lowest BCUT2D eigenvalue weighted by atomic mass is 9.81. The molecule has 2 aromatic carbocycles. The Morgan fingerprint density at radius 1 is 0.941 bits per heavy atom. The highest BCUT2D eigenvalue weighted by Gasteiger charge is 2.29. The number of ether oxygens (including phenoxy) is 2. The zero-order valence-electron chi connectivity index (χ0n) is 19.2. The van der Waals surface area contributed by atoms with E-state index in [2.05, 4.69) is 9.97 Å². The van der Waals surface area contributed by atoms with Crippen LogP contribution < -0.4 is 15.0 Å². The number of benzene rings is 2. The van der Waals surface area contributed by atoms with Crippen LogP contribution in [0.1, 0.15) is 39.5 Å². The molecule has 1 atom stereocenters. The number of aromatic nitrogens is 2. The SMILES string of the molecule is COc1ccc([C@H]2CC(=O)c3cc(-c4nc(-c5ccc(C)cc5)cs4)c(=O)[nH]c3C2)cc1OC. The molecule has 0 fully saturated rings. The summed E-state index contributed by atoms with van der Waals surface area (Å²) in [5, 5.41) is 2.54. The highest BCUT2D eigenvalue weighted by molar-refractivity contribution is 7.13. The molecule has 0 aliphatic heterocycles. The van der Waals surface area contributed by atoms with Gasteiger partial charge in [-0.2, -0.15) is 0 Å². The molecule has 0 spiro atoms. The number of aromatic amines is 1. The van der Waals surface area contributed by atoms with Crippen LogP contribution in [0, 0.1) is 6.92 Å². The van der Waals surface area contributed by atoms with Gasteiger partial charge in [0.15, 0.2) is 17.3 Å². The van der Waals surface area contributed by atoms with Crippen molar-refractivity contribution in [2.75, 3.05) is 14.2 Å². The number of nitrogens with zero attached hydrogens (tertiary/aromatic N) is 1. The van der Waals surface area contributed by atoms with Gasteiger partial charge in [0, 0.05) is 28.6 Å². The van der Waals surface area contributed by atoms with Crippen molar-refractivity contribution < 1.29 is 14.3 Å². The van der Waals surface area contributed by atoms with E-state index in [0.29, 0.717) is 46.2 Å². The van der Waals surface area contributed by atoms with Crippen LogP contribution in [0.2, 0.25) is 0 Å². The molecule has 5 rings (SSSR count). The Bertz CT molecular complexity index is 1440. The monoisotopic (exact) mass is 472 g/mol. The number of fused-ring (bicyclic) bond motifs is 1. The molecule has 6 nitrogen and oxygen atoms in total. The molecule has 34 heavy (non-hydrogen) atoms. The van der Waals surface area contributed by atoms with E-state index in [4.69, 9.17) is 9.47 Å². The number of ketones is 1. The second-order valence-electron chi connectivity index (χ2n) is 8.45. The Morgan fingerprint density at radius 2 is 1.71 bits per heavy atom. The fourth-order valence-corrected chi connectivity index (χ4v) is 5.23. The summed E-state index contributed by atoms with van der Waals surface area (Å²) in [6.45, 7) is 2.04. The number of nitrogens with one attached hydrogen (secondary N) is 1. The van der Waals surface area contributed by atoms with E-state index < -0.39 is 0 Å². The van der Waals surface area contributed by atoms with Crippen LogP contribution in [0.3, 0.4) is 0 Å². The molecule has 4 aromatic rings. The third kappa shape index (κ3) is 4.03. The van der Waals surface area contributed by atoms with Gasteiger partial charge in [0.2, 0.25) is 0 Å². The van der Waals surface area contributed by atoms with E-state index in [1.165, 1.54) is 16.9 Å². The van der Waals surface area contributed by atoms with E-state index in [9.17, 15) is 9.59 Å². The lowest BCUT2D eigenvalue weighted by Crippen LogP contribution is -2.24. The first-order valence-electron chi connectivity index (χ1n) is 11.0. The number of rotatable bonds is 5. The summed E-state index contributed by atoms with van der Waals surface area (Å²) < 4.78 is 10.7. The van der Waals surface area contributed by atoms with Gasteiger partial charge in [0.1, 0.15) is 5.01 Å². The van der Waals surface area contributed by atoms with Gasteiger partial charge < -0.3 is 14.5 Å². The second-order valence-corrected chi connectivity index (χ2v) is 9.31. The summed E-state index contributed by atoms with van der Waals surface area (Å²) in [4.78, 5) is 33.7. The van der Waals surface area contributed by atoms with Gasteiger partial charge in [0.25, 0.3) is 5.56 Å². The van der Waals surface area contributed by atoms with Crippen LogP contribution in [-0.2, 0) is 6.42 Å². The minimum Gasteiger partial charge on any atom is -0.493 e. The number of hydrogen-bond donors (Lipinski definition) is 1. The number of Topliss-reactive ketones (excluding diaryl/α,β-unsaturated/α-hetero) is 1. The molecule has 1 aliphatic carbocycles. The quantitative estimate of drug-likeness (QED) is 0.420. The average molecular weight is 473 g/mol. The van der Waals surface area contributed by atoms with Crippen molar-refractivity contribution in [3.63, 3.8) is 0 Å². The predicted octanol–water partition coefficient (Wildman–Crippen LogP) is 5.40. The molecule has 0 amide bonds. The molecule has 172 valence electrons. The summed E-state index contributed by atoms with van der Waals surface area (Å²) in [6.07, 6.45) is 0.930. The Kier molecular flexibility index (Phi) is 5.79. The molecule has 1 aliphatic rings. The van der Waals surface area contributed by atoms with Crippen molar-refractivity contribution in [1.29, 1.82) is 0 Å². The first kappa shape index (κ1) is 22.1. The number of methoxy groups -OCH3 is 2. The maximum absolute atomic E-state index is 13.1. The number of carbonyl (C=O) groups excluding carboxylic acids is 1. The zero-order chi connectivity index (χ0) is 23.8. The van der Waals surface area contributed by atoms with Crippen molar-refractivity contribution in [3.8, 4) is 33.3 Å². The van der Waals surface area contributed by atoms with Crippen LogP contribution in [0.5, 0.6) is 11.5 Å². The first-order valence-corrected chi connectivity index (χ1v) is 11.9. The van der Waals surface area contributed by atoms with Crippen LogP contribution in [0.4, 0.5) is 0 Å². The van der Waals surface area contributed by atoms with Crippen molar-refractivity contribution in [2.45, 2.75) is 25.7 Å². The molecule has 2 heterocycles. The second kappa shape index (κ2) is 8.91. The Hall–Kier alpha value is -3.71. The van der Waals surface area contributed by atoms with E-state index >= 15 is 0 Å². The molecule has 1 N–H and O–H groups in total. The van der Waals surface area contributed by atoms with Gasteiger partial charge in [0.05, 0.1) is 25.5 Å².